The van der Waals surface area contributed by atoms with E-state index in [4.69, 9.17) is 4.74 Å². The number of ether oxygens (including phenoxy) is 2. The Balaban J connectivity index is 1.67. The van der Waals surface area contributed by atoms with Crippen molar-refractivity contribution in [3.63, 3.8) is 0 Å². The maximum atomic E-state index is 12.2. The smallest absolute Gasteiger partial charge is 0.497 e. The topological polar surface area (TPSA) is 21.7 Å². The summed E-state index contributed by atoms with van der Waals surface area (Å²) in [5.74, 6) is 0.642. The fourth-order valence-corrected chi connectivity index (χ4v) is 3.61. The maximum absolute atomic E-state index is 12.2. The Morgan fingerprint density at radius 3 is 2.42 bits per heavy atom. The van der Waals surface area contributed by atoms with Gasteiger partial charge in [-0.05, 0) is 63.5 Å². The number of hydrogen-bond donors (Lipinski definition) is 0. The molecule has 0 aliphatic carbocycles. The van der Waals surface area contributed by atoms with Crippen molar-refractivity contribution >= 4 is 22.6 Å². The van der Waals surface area contributed by atoms with Crippen LogP contribution in [0.1, 0.15) is 16.7 Å². The molecule has 0 radical (unpaired) electrons. The van der Waals surface area contributed by atoms with Gasteiger partial charge in [-0.3, -0.25) is 4.90 Å². The first-order valence-electron chi connectivity index (χ1n) is 7.26. The molecule has 1 aliphatic heterocycles. The Morgan fingerprint density at radius 1 is 1.08 bits per heavy atom. The van der Waals surface area contributed by atoms with E-state index in [0.29, 0.717) is 6.54 Å². The van der Waals surface area contributed by atoms with E-state index in [0.717, 1.165) is 24.4 Å². The predicted octanol–water partition coefficient (Wildman–Crippen LogP) is 4.71. The van der Waals surface area contributed by atoms with E-state index in [1.807, 2.05) is 12.1 Å². The van der Waals surface area contributed by atoms with Gasteiger partial charge in [-0.2, -0.15) is 0 Å². The van der Waals surface area contributed by atoms with Gasteiger partial charge in [-0.25, -0.2) is 0 Å². The molecule has 0 spiro atoms. The maximum Gasteiger partial charge on any atom is 0.573 e. The lowest BCUT2D eigenvalue weighted by molar-refractivity contribution is -0.274. The van der Waals surface area contributed by atoms with Gasteiger partial charge < -0.3 is 9.47 Å². The number of fused-ring (bicyclic) bond motifs is 1. The Kier molecular flexibility index (Phi) is 4.91. The van der Waals surface area contributed by atoms with Crippen molar-refractivity contribution in [1.29, 1.82) is 0 Å². The lowest BCUT2D eigenvalue weighted by atomic mass is 10.1. The number of rotatable bonds is 4. The van der Waals surface area contributed by atoms with Gasteiger partial charge in [0.25, 0.3) is 0 Å². The molecule has 2 aromatic rings. The number of hydrogen-bond acceptors (Lipinski definition) is 3. The minimum absolute atomic E-state index is 0.199. The van der Waals surface area contributed by atoms with Crippen LogP contribution < -0.4 is 9.47 Å². The molecule has 0 bridgehead atoms. The van der Waals surface area contributed by atoms with Crippen LogP contribution in [0.15, 0.2) is 36.4 Å². The van der Waals surface area contributed by atoms with E-state index in [1.165, 1.54) is 26.8 Å². The van der Waals surface area contributed by atoms with E-state index in [-0.39, 0.29) is 5.75 Å². The first-order chi connectivity index (χ1) is 11.3. The molecule has 0 unspecified atom stereocenters. The number of halogens is 4. The summed E-state index contributed by atoms with van der Waals surface area (Å²) >= 11 is 2.30. The van der Waals surface area contributed by atoms with E-state index in [1.54, 1.807) is 19.2 Å². The average Bonchev–Trinajstić information content (AvgIpc) is 2.91. The SMILES string of the molecule is COc1cc(I)c2c(c1)CN(Cc1ccc(OC(F)(F)F)cc1)C2. The van der Waals surface area contributed by atoms with Crippen LogP contribution in [-0.2, 0) is 19.6 Å². The third kappa shape index (κ3) is 4.13. The van der Waals surface area contributed by atoms with E-state index >= 15 is 0 Å². The molecule has 2 aromatic carbocycles. The van der Waals surface area contributed by atoms with Crippen LogP contribution in [0.4, 0.5) is 13.2 Å². The first kappa shape index (κ1) is 17.3. The third-order valence-electron chi connectivity index (χ3n) is 3.84. The summed E-state index contributed by atoms with van der Waals surface area (Å²) in [7, 11) is 1.65. The summed E-state index contributed by atoms with van der Waals surface area (Å²) in [6.45, 7) is 2.28. The van der Waals surface area contributed by atoms with Crippen molar-refractivity contribution < 1.29 is 22.6 Å². The minimum atomic E-state index is -4.66. The molecule has 7 heteroatoms. The van der Waals surface area contributed by atoms with Crippen molar-refractivity contribution in [1.82, 2.24) is 4.90 Å². The van der Waals surface area contributed by atoms with E-state index in [9.17, 15) is 13.2 Å². The standard InChI is InChI=1S/C17H15F3INO2/c1-23-14-6-12-9-22(10-15(12)16(21)7-14)8-11-2-4-13(5-3-11)24-17(18,19)20/h2-7H,8-10H2,1H3. The Hall–Kier alpha value is -1.48. The summed E-state index contributed by atoms with van der Waals surface area (Å²) in [6, 6.07) is 10.1. The molecule has 0 saturated carbocycles. The molecule has 1 heterocycles. The van der Waals surface area contributed by atoms with E-state index in [2.05, 4.69) is 32.2 Å². The fraction of sp³-hybridized carbons (Fsp3) is 0.294. The van der Waals surface area contributed by atoms with Gasteiger partial charge in [0, 0.05) is 23.2 Å². The monoisotopic (exact) mass is 449 g/mol. The van der Waals surface area contributed by atoms with Crippen LogP contribution in [0, 0.1) is 3.57 Å². The van der Waals surface area contributed by atoms with Crippen LogP contribution >= 0.6 is 22.6 Å². The quantitative estimate of drug-likeness (QED) is 0.632. The second-order valence-electron chi connectivity index (χ2n) is 5.58. The van der Waals surface area contributed by atoms with E-state index < -0.39 is 6.36 Å². The molecule has 0 N–H and O–H groups in total. The predicted molar refractivity (Wildman–Crippen MR) is 91.8 cm³/mol. The molecule has 0 fully saturated rings. The summed E-state index contributed by atoms with van der Waals surface area (Å²) < 4.78 is 46.9. The lowest BCUT2D eigenvalue weighted by Crippen LogP contribution is -2.17. The number of benzene rings is 2. The number of nitrogens with zero attached hydrogens (tertiary/aromatic N) is 1. The zero-order chi connectivity index (χ0) is 17.3. The number of alkyl halides is 3. The molecular formula is C17H15F3INO2. The fourth-order valence-electron chi connectivity index (χ4n) is 2.79. The Morgan fingerprint density at radius 2 is 1.79 bits per heavy atom. The van der Waals surface area contributed by atoms with Crippen molar-refractivity contribution in [3.8, 4) is 11.5 Å². The van der Waals surface area contributed by atoms with Gasteiger partial charge in [0.2, 0.25) is 0 Å². The zero-order valence-electron chi connectivity index (χ0n) is 12.9. The Labute approximate surface area is 151 Å². The molecule has 3 nitrogen and oxygen atoms in total. The summed E-state index contributed by atoms with van der Waals surface area (Å²) in [5, 5.41) is 0. The van der Waals surface area contributed by atoms with Crippen LogP contribution in [-0.4, -0.2) is 18.4 Å². The summed E-state index contributed by atoms with van der Waals surface area (Å²) in [4.78, 5) is 2.24. The lowest BCUT2D eigenvalue weighted by Gasteiger charge is -2.15. The normalized spacial score (nSPS) is 14.5. The van der Waals surface area contributed by atoms with Gasteiger partial charge in [-0.15, -0.1) is 13.2 Å². The van der Waals surface area contributed by atoms with Crippen LogP contribution in [0.25, 0.3) is 0 Å². The van der Waals surface area contributed by atoms with Gasteiger partial charge >= 0.3 is 6.36 Å². The van der Waals surface area contributed by atoms with Gasteiger partial charge in [0.05, 0.1) is 7.11 Å². The molecule has 0 aromatic heterocycles. The zero-order valence-corrected chi connectivity index (χ0v) is 15.0. The molecule has 24 heavy (non-hydrogen) atoms. The highest BCUT2D eigenvalue weighted by Gasteiger charge is 2.31. The van der Waals surface area contributed by atoms with Gasteiger partial charge in [-0.1, -0.05) is 12.1 Å². The van der Waals surface area contributed by atoms with Crippen LogP contribution in [0.2, 0.25) is 0 Å². The van der Waals surface area contributed by atoms with Crippen molar-refractivity contribution in [2.45, 2.75) is 26.0 Å². The molecule has 0 atom stereocenters. The van der Waals surface area contributed by atoms with Gasteiger partial charge in [0.1, 0.15) is 11.5 Å². The summed E-state index contributed by atoms with van der Waals surface area (Å²) in [6.07, 6.45) is -4.66. The molecule has 1 aliphatic rings. The average molecular weight is 449 g/mol. The number of methoxy groups -OCH3 is 1. The molecule has 0 amide bonds. The van der Waals surface area contributed by atoms with Crippen LogP contribution in [0.3, 0.4) is 0 Å². The highest BCUT2D eigenvalue weighted by atomic mass is 127. The van der Waals surface area contributed by atoms with Gasteiger partial charge in [0.15, 0.2) is 0 Å². The van der Waals surface area contributed by atoms with Crippen molar-refractivity contribution in [2.24, 2.45) is 0 Å². The summed E-state index contributed by atoms with van der Waals surface area (Å²) in [5.41, 5.74) is 3.46. The van der Waals surface area contributed by atoms with Crippen molar-refractivity contribution in [2.75, 3.05) is 7.11 Å². The second kappa shape index (κ2) is 6.79. The molecular weight excluding hydrogens is 434 g/mol. The van der Waals surface area contributed by atoms with Crippen LogP contribution in [0.5, 0.6) is 11.5 Å². The largest absolute Gasteiger partial charge is 0.573 e. The third-order valence-corrected chi connectivity index (χ3v) is 4.80. The minimum Gasteiger partial charge on any atom is -0.497 e. The molecule has 128 valence electrons. The molecule has 3 rings (SSSR count). The highest BCUT2D eigenvalue weighted by molar-refractivity contribution is 14.1. The molecule has 0 saturated heterocycles. The van der Waals surface area contributed by atoms with Crippen molar-refractivity contribution in [3.05, 3.63) is 56.7 Å². The second-order valence-corrected chi connectivity index (χ2v) is 6.75. The Bertz CT molecular complexity index is 732. The first-order valence-corrected chi connectivity index (χ1v) is 8.34. The highest BCUT2D eigenvalue weighted by Crippen LogP contribution is 2.32.